The third kappa shape index (κ3) is 3.68. The highest BCUT2D eigenvalue weighted by Gasteiger charge is 2.04. The molecule has 0 unspecified atom stereocenters. The number of nitrogens with zero attached hydrogens (tertiary/aromatic N) is 1. The maximum atomic E-state index is 5.08. The van der Waals surface area contributed by atoms with Gasteiger partial charge in [-0.3, -0.25) is 4.98 Å². The number of aryl methyl sites for hydroxylation is 1. The van der Waals surface area contributed by atoms with Crippen molar-refractivity contribution in [2.24, 2.45) is 0 Å². The Morgan fingerprint density at radius 3 is 3.00 bits per heavy atom. The molecule has 3 heteroatoms. The second-order valence-electron chi connectivity index (χ2n) is 3.34. The van der Waals surface area contributed by atoms with Crippen molar-refractivity contribution in [1.82, 2.24) is 4.98 Å². The van der Waals surface area contributed by atoms with Crippen molar-refractivity contribution in [3.8, 4) is 0 Å². The van der Waals surface area contributed by atoms with Gasteiger partial charge in [0, 0.05) is 24.3 Å². The molecule has 0 aromatic carbocycles. The molecular weight excluding hydrogens is 194 g/mol. The monoisotopic (exact) mass is 211 g/mol. The van der Waals surface area contributed by atoms with Gasteiger partial charge in [0.15, 0.2) is 0 Å². The minimum absolute atomic E-state index is 0.529. The van der Waals surface area contributed by atoms with Crippen LogP contribution in [0.3, 0.4) is 0 Å². The smallest absolute Gasteiger partial charge is 0.0578 e. The molecule has 1 aromatic heterocycles. The van der Waals surface area contributed by atoms with Crippen LogP contribution in [-0.4, -0.2) is 24.0 Å². The van der Waals surface area contributed by atoms with Crippen LogP contribution in [0.4, 0.5) is 0 Å². The number of hydrogen-bond acceptors (Lipinski definition) is 3. The molecule has 1 atom stereocenters. The molecule has 0 aliphatic heterocycles. The number of hydrogen-bond donors (Lipinski definition) is 0. The third-order valence-corrected chi connectivity index (χ3v) is 3.17. The molecule has 0 radical (unpaired) electrons. The van der Waals surface area contributed by atoms with Crippen LogP contribution in [-0.2, 0) is 10.5 Å². The first kappa shape index (κ1) is 11.5. The van der Waals surface area contributed by atoms with E-state index < -0.39 is 0 Å². The zero-order valence-corrected chi connectivity index (χ0v) is 9.80. The van der Waals surface area contributed by atoms with E-state index in [1.54, 1.807) is 7.11 Å². The highest BCUT2D eigenvalue weighted by molar-refractivity contribution is 7.99. The fourth-order valence-corrected chi connectivity index (χ4v) is 2.15. The quantitative estimate of drug-likeness (QED) is 0.747. The van der Waals surface area contributed by atoms with Gasteiger partial charge in [0.2, 0.25) is 0 Å². The van der Waals surface area contributed by atoms with Gasteiger partial charge in [-0.2, -0.15) is 11.8 Å². The molecule has 0 aliphatic rings. The van der Waals surface area contributed by atoms with Gasteiger partial charge in [-0.15, -0.1) is 0 Å². The number of pyridine rings is 1. The van der Waals surface area contributed by atoms with E-state index in [0.29, 0.717) is 5.25 Å². The molecule has 0 saturated heterocycles. The molecule has 1 heterocycles. The molecular formula is C11H17NOS. The van der Waals surface area contributed by atoms with Crippen molar-refractivity contribution in [3.05, 3.63) is 29.6 Å². The molecule has 1 aromatic rings. The summed E-state index contributed by atoms with van der Waals surface area (Å²) >= 11 is 1.88. The van der Waals surface area contributed by atoms with Crippen molar-refractivity contribution in [1.29, 1.82) is 0 Å². The van der Waals surface area contributed by atoms with Crippen LogP contribution in [0.2, 0.25) is 0 Å². The van der Waals surface area contributed by atoms with Crippen LogP contribution in [0.25, 0.3) is 0 Å². The van der Waals surface area contributed by atoms with Crippen molar-refractivity contribution in [2.45, 2.75) is 24.9 Å². The van der Waals surface area contributed by atoms with Gasteiger partial charge in [-0.05, 0) is 18.6 Å². The van der Waals surface area contributed by atoms with Crippen LogP contribution in [0.1, 0.15) is 18.2 Å². The van der Waals surface area contributed by atoms with E-state index in [-0.39, 0.29) is 0 Å². The number of aromatic nitrogens is 1. The Morgan fingerprint density at radius 2 is 2.36 bits per heavy atom. The second kappa shape index (κ2) is 6.04. The van der Waals surface area contributed by atoms with Crippen molar-refractivity contribution < 1.29 is 4.74 Å². The molecule has 0 N–H and O–H groups in total. The Balaban J connectivity index is 2.41. The van der Waals surface area contributed by atoms with E-state index in [2.05, 4.69) is 24.9 Å². The fourth-order valence-electron chi connectivity index (χ4n) is 1.17. The van der Waals surface area contributed by atoms with Crippen molar-refractivity contribution >= 4 is 11.8 Å². The van der Waals surface area contributed by atoms with E-state index in [4.69, 9.17) is 4.74 Å². The van der Waals surface area contributed by atoms with E-state index in [1.165, 1.54) is 11.3 Å². The standard InChI is InChI=1S/C11H17NOS/c1-9-5-4-6-12-11(9)8-14-10(2)7-13-3/h4-6,10H,7-8H2,1-3H3/t10-/m1/s1. The summed E-state index contributed by atoms with van der Waals surface area (Å²) in [6.45, 7) is 5.08. The molecule has 0 fully saturated rings. The van der Waals surface area contributed by atoms with E-state index in [0.717, 1.165) is 12.4 Å². The largest absolute Gasteiger partial charge is 0.384 e. The summed E-state index contributed by atoms with van der Waals surface area (Å²) in [7, 11) is 1.74. The summed E-state index contributed by atoms with van der Waals surface area (Å²) < 4.78 is 5.08. The summed E-state index contributed by atoms with van der Waals surface area (Å²) in [5, 5.41) is 0.529. The first-order chi connectivity index (χ1) is 6.74. The highest BCUT2D eigenvalue weighted by atomic mass is 32.2. The Bertz CT molecular complexity index is 278. The molecule has 0 spiro atoms. The summed E-state index contributed by atoms with van der Waals surface area (Å²) in [5.74, 6) is 0.969. The van der Waals surface area contributed by atoms with Gasteiger partial charge >= 0.3 is 0 Å². The van der Waals surface area contributed by atoms with Gasteiger partial charge in [-0.25, -0.2) is 0 Å². The average molecular weight is 211 g/mol. The van der Waals surface area contributed by atoms with Crippen LogP contribution in [0.15, 0.2) is 18.3 Å². The molecule has 78 valence electrons. The normalized spacial score (nSPS) is 12.8. The SMILES string of the molecule is COC[C@@H](C)SCc1ncccc1C. The summed E-state index contributed by atoms with van der Waals surface area (Å²) in [4.78, 5) is 4.35. The van der Waals surface area contributed by atoms with Gasteiger partial charge in [-0.1, -0.05) is 13.0 Å². The molecule has 1 rings (SSSR count). The number of rotatable bonds is 5. The zero-order chi connectivity index (χ0) is 10.4. The summed E-state index contributed by atoms with van der Waals surface area (Å²) in [5.41, 5.74) is 2.45. The average Bonchev–Trinajstić information content (AvgIpc) is 2.17. The van der Waals surface area contributed by atoms with Crippen molar-refractivity contribution in [3.63, 3.8) is 0 Å². The summed E-state index contributed by atoms with van der Waals surface area (Å²) in [6, 6.07) is 4.08. The second-order valence-corrected chi connectivity index (χ2v) is 4.77. The molecule has 0 bridgehead atoms. The lowest BCUT2D eigenvalue weighted by Crippen LogP contribution is -2.06. The minimum atomic E-state index is 0.529. The summed E-state index contributed by atoms with van der Waals surface area (Å²) in [6.07, 6.45) is 1.85. The molecule has 0 saturated carbocycles. The highest BCUT2D eigenvalue weighted by Crippen LogP contribution is 2.18. The lowest BCUT2D eigenvalue weighted by Gasteiger charge is -2.10. The molecule has 0 aliphatic carbocycles. The predicted molar refractivity (Wildman–Crippen MR) is 61.6 cm³/mol. The van der Waals surface area contributed by atoms with Crippen LogP contribution < -0.4 is 0 Å². The number of ether oxygens (including phenoxy) is 1. The van der Waals surface area contributed by atoms with E-state index in [1.807, 2.05) is 24.0 Å². The number of thioether (sulfide) groups is 1. The fraction of sp³-hybridized carbons (Fsp3) is 0.545. The van der Waals surface area contributed by atoms with E-state index >= 15 is 0 Å². The molecule has 2 nitrogen and oxygen atoms in total. The van der Waals surface area contributed by atoms with Crippen LogP contribution in [0, 0.1) is 6.92 Å². The van der Waals surface area contributed by atoms with E-state index in [9.17, 15) is 0 Å². The van der Waals surface area contributed by atoms with Gasteiger partial charge in [0.1, 0.15) is 0 Å². The first-order valence-corrected chi connectivity index (χ1v) is 5.80. The molecule has 0 amide bonds. The third-order valence-electron chi connectivity index (χ3n) is 2.02. The topological polar surface area (TPSA) is 22.1 Å². The van der Waals surface area contributed by atoms with Crippen LogP contribution in [0.5, 0.6) is 0 Å². The Morgan fingerprint density at radius 1 is 1.57 bits per heavy atom. The van der Waals surface area contributed by atoms with Crippen LogP contribution >= 0.6 is 11.8 Å². The Hall–Kier alpha value is -0.540. The Labute approximate surface area is 90.1 Å². The van der Waals surface area contributed by atoms with Crippen molar-refractivity contribution in [2.75, 3.05) is 13.7 Å². The Kier molecular flexibility index (Phi) is 4.98. The number of methoxy groups -OCH3 is 1. The van der Waals surface area contributed by atoms with Gasteiger partial charge in [0.05, 0.1) is 12.3 Å². The lowest BCUT2D eigenvalue weighted by molar-refractivity contribution is 0.203. The van der Waals surface area contributed by atoms with Gasteiger partial charge < -0.3 is 4.74 Å². The van der Waals surface area contributed by atoms with Gasteiger partial charge in [0.25, 0.3) is 0 Å². The minimum Gasteiger partial charge on any atom is -0.384 e. The maximum absolute atomic E-state index is 5.08. The first-order valence-electron chi connectivity index (χ1n) is 4.75. The predicted octanol–water partition coefficient (Wildman–Crippen LogP) is 2.66. The molecule has 14 heavy (non-hydrogen) atoms. The lowest BCUT2D eigenvalue weighted by atomic mass is 10.2. The zero-order valence-electron chi connectivity index (χ0n) is 8.99. The maximum Gasteiger partial charge on any atom is 0.0578 e.